The Hall–Kier alpha value is -0.480. The minimum Gasteiger partial charge on any atom is -0.304 e. The molecule has 0 fully saturated rings. The van der Waals surface area contributed by atoms with Crippen LogP contribution in [0.15, 0.2) is 11.6 Å². The number of rotatable bonds is 3. The van der Waals surface area contributed by atoms with Gasteiger partial charge in [-0.2, -0.15) is 0 Å². The zero-order valence-electron chi connectivity index (χ0n) is 5.78. The average molecular weight is 158 g/mol. The lowest BCUT2D eigenvalue weighted by Gasteiger charge is -2.17. The molecule has 0 aromatic carbocycles. The summed E-state index contributed by atoms with van der Waals surface area (Å²) in [6, 6.07) is -0.0941. The van der Waals surface area contributed by atoms with E-state index >= 15 is 0 Å². The van der Waals surface area contributed by atoms with Crippen LogP contribution in [-0.4, -0.2) is 23.2 Å². The van der Waals surface area contributed by atoms with Gasteiger partial charge in [-0.3, -0.25) is 0 Å². The first-order valence-corrected chi connectivity index (χ1v) is 4.14. The standard InChI is InChI=1S/C6H10N2OS/c1-6(4-9)7-8-2-3-10-5-8/h2-4,6-7H,5H2,1H3/t6-/m0/s1. The molecule has 0 spiro atoms. The van der Waals surface area contributed by atoms with Crippen molar-refractivity contribution in [2.45, 2.75) is 13.0 Å². The summed E-state index contributed by atoms with van der Waals surface area (Å²) < 4.78 is 0. The molecule has 0 aromatic rings. The molecule has 0 amide bonds. The fourth-order valence-electron chi connectivity index (χ4n) is 0.655. The summed E-state index contributed by atoms with van der Waals surface area (Å²) in [5.74, 6) is 0.887. The maximum absolute atomic E-state index is 10.2. The third-order valence-electron chi connectivity index (χ3n) is 1.12. The molecular weight excluding hydrogens is 148 g/mol. The van der Waals surface area contributed by atoms with Crippen LogP contribution in [0, 0.1) is 0 Å². The van der Waals surface area contributed by atoms with Crippen molar-refractivity contribution in [1.82, 2.24) is 10.4 Å². The minimum absolute atomic E-state index is 0.0941. The molecular formula is C6H10N2OS. The summed E-state index contributed by atoms with van der Waals surface area (Å²) in [6.45, 7) is 1.82. The smallest absolute Gasteiger partial charge is 0.138 e. The molecule has 0 saturated heterocycles. The number of hydrogen-bond acceptors (Lipinski definition) is 4. The van der Waals surface area contributed by atoms with Gasteiger partial charge < -0.3 is 9.80 Å². The molecule has 4 heteroatoms. The Bertz CT molecular complexity index is 149. The van der Waals surface area contributed by atoms with Crippen LogP contribution >= 0.6 is 11.8 Å². The van der Waals surface area contributed by atoms with E-state index in [1.807, 2.05) is 23.5 Å². The highest BCUT2D eigenvalue weighted by molar-refractivity contribution is 8.02. The van der Waals surface area contributed by atoms with Crippen LogP contribution in [-0.2, 0) is 4.79 Å². The second-order valence-corrected chi connectivity index (χ2v) is 2.97. The van der Waals surface area contributed by atoms with E-state index in [0.29, 0.717) is 0 Å². The maximum atomic E-state index is 10.2. The summed E-state index contributed by atoms with van der Waals surface area (Å²) in [5, 5.41) is 3.88. The fourth-order valence-corrected chi connectivity index (χ4v) is 1.30. The second kappa shape index (κ2) is 3.63. The first-order chi connectivity index (χ1) is 4.83. The quantitative estimate of drug-likeness (QED) is 0.608. The van der Waals surface area contributed by atoms with Gasteiger partial charge in [0.1, 0.15) is 6.29 Å². The number of hydrogen-bond donors (Lipinski definition) is 1. The molecule has 0 radical (unpaired) electrons. The van der Waals surface area contributed by atoms with Crippen molar-refractivity contribution in [3.63, 3.8) is 0 Å². The summed E-state index contributed by atoms with van der Waals surface area (Å²) in [5.41, 5.74) is 2.99. The lowest BCUT2D eigenvalue weighted by molar-refractivity contribution is -0.110. The molecule has 1 atom stereocenters. The third kappa shape index (κ3) is 2.04. The number of nitrogens with one attached hydrogen (secondary N) is 1. The predicted molar refractivity (Wildman–Crippen MR) is 42.1 cm³/mol. The summed E-state index contributed by atoms with van der Waals surface area (Å²) in [6.07, 6.45) is 2.81. The molecule has 1 aliphatic rings. The van der Waals surface area contributed by atoms with Gasteiger partial charge in [-0.15, -0.1) is 11.8 Å². The summed E-state index contributed by atoms with van der Waals surface area (Å²) in [7, 11) is 0. The highest BCUT2D eigenvalue weighted by Crippen LogP contribution is 2.12. The van der Waals surface area contributed by atoms with Gasteiger partial charge in [-0.05, 0) is 12.3 Å². The van der Waals surface area contributed by atoms with Gasteiger partial charge in [-0.25, -0.2) is 5.43 Å². The predicted octanol–water partition coefficient (Wildman–Crippen LogP) is 0.556. The van der Waals surface area contributed by atoms with Gasteiger partial charge in [0, 0.05) is 6.20 Å². The number of aldehydes is 1. The Kier molecular flexibility index (Phi) is 2.77. The van der Waals surface area contributed by atoms with Crippen LogP contribution in [0.2, 0.25) is 0 Å². The molecule has 0 bridgehead atoms. The van der Waals surface area contributed by atoms with Gasteiger partial charge in [0.2, 0.25) is 0 Å². The molecule has 1 rings (SSSR count). The fraction of sp³-hybridized carbons (Fsp3) is 0.500. The van der Waals surface area contributed by atoms with Crippen molar-refractivity contribution in [2.75, 3.05) is 5.88 Å². The molecule has 10 heavy (non-hydrogen) atoms. The van der Waals surface area contributed by atoms with Crippen molar-refractivity contribution in [3.05, 3.63) is 11.6 Å². The van der Waals surface area contributed by atoms with Crippen molar-refractivity contribution in [1.29, 1.82) is 0 Å². The van der Waals surface area contributed by atoms with Crippen molar-refractivity contribution in [3.8, 4) is 0 Å². The van der Waals surface area contributed by atoms with E-state index in [9.17, 15) is 4.79 Å². The van der Waals surface area contributed by atoms with Gasteiger partial charge in [0.05, 0.1) is 11.9 Å². The summed E-state index contributed by atoms with van der Waals surface area (Å²) in [4.78, 5) is 10.2. The Labute approximate surface area is 64.4 Å². The number of nitrogens with zero attached hydrogens (tertiary/aromatic N) is 1. The van der Waals surface area contributed by atoms with E-state index in [4.69, 9.17) is 0 Å². The molecule has 3 nitrogen and oxygen atoms in total. The molecule has 0 saturated carbocycles. The number of thioether (sulfide) groups is 1. The van der Waals surface area contributed by atoms with E-state index < -0.39 is 0 Å². The van der Waals surface area contributed by atoms with E-state index in [2.05, 4.69) is 5.43 Å². The van der Waals surface area contributed by atoms with E-state index in [1.54, 1.807) is 11.8 Å². The van der Waals surface area contributed by atoms with Gasteiger partial charge >= 0.3 is 0 Å². The molecule has 0 unspecified atom stereocenters. The van der Waals surface area contributed by atoms with Crippen molar-refractivity contribution >= 4 is 18.0 Å². The number of hydrazine groups is 1. The number of carbonyl (C=O) groups excluding carboxylic acids is 1. The van der Waals surface area contributed by atoms with Crippen LogP contribution in [0.25, 0.3) is 0 Å². The lowest BCUT2D eigenvalue weighted by atomic mass is 10.4. The van der Waals surface area contributed by atoms with Crippen LogP contribution in [0.4, 0.5) is 0 Å². The van der Waals surface area contributed by atoms with E-state index in [1.165, 1.54) is 0 Å². The third-order valence-corrected chi connectivity index (χ3v) is 1.87. The van der Waals surface area contributed by atoms with Gasteiger partial charge in [0.15, 0.2) is 0 Å². The van der Waals surface area contributed by atoms with Crippen LogP contribution < -0.4 is 5.43 Å². The van der Waals surface area contributed by atoms with Crippen molar-refractivity contribution < 1.29 is 4.79 Å². The SMILES string of the molecule is C[C@@H](C=O)NN1C=CSC1. The zero-order valence-corrected chi connectivity index (χ0v) is 6.60. The highest BCUT2D eigenvalue weighted by Gasteiger charge is 2.06. The van der Waals surface area contributed by atoms with Gasteiger partial charge in [-0.1, -0.05) is 0 Å². The molecule has 56 valence electrons. The Morgan fingerprint density at radius 2 is 2.70 bits per heavy atom. The molecule has 1 N–H and O–H groups in total. The molecule has 1 heterocycles. The average Bonchev–Trinajstić information content (AvgIpc) is 2.40. The highest BCUT2D eigenvalue weighted by atomic mass is 32.2. The summed E-state index contributed by atoms with van der Waals surface area (Å²) >= 11 is 1.70. The van der Waals surface area contributed by atoms with E-state index in [-0.39, 0.29) is 6.04 Å². The van der Waals surface area contributed by atoms with Crippen LogP contribution in [0.3, 0.4) is 0 Å². The molecule has 1 aliphatic heterocycles. The lowest BCUT2D eigenvalue weighted by Crippen LogP contribution is -2.39. The monoisotopic (exact) mass is 158 g/mol. The maximum Gasteiger partial charge on any atom is 0.138 e. The first kappa shape index (κ1) is 7.63. The van der Waals surface area contributed by atoms with Gasteiger partial charge in [0.25, 0.3) is 0 Å². The second-order valence-electron chi connectivity index (χ2n) is 2.10. The molecule has 0 aromatic heterocycles. The van der Waals surface area contributed by atoms with Crippen LogP contribution in [0.5, 0.6) is 0 Å². The largest absolute Gasteiger partial charge is 0.304 e. The minimum atomic E-state index is -0.0941. The number of carbonyl (C=O) groups is 1. The van der Waals surface area contributed by atoms with Crippen molar-refractivity contribution in [2.24, 2.45) is 0 Å². The Morgan fingerprint density at radius 3 is 3.20 bits per heavy atom. The van der Waals surface area contributed by atoms with Crippen LogP contribution in [0.1, 0.15) is 6.92 Å². The normalized spacial score (nSPS) is 19.5. The first-order valence-electron chi connectivity index (χ1n) is 3.09. The topological polar surface area (TPSA) is 32.3 Å². The molecule has 0 aliphatic carbocycles. The Morgan fingerprint density at radius 1 is 1.90 bits per heavy atom. The zero-order chi connectivity index (χ0) is 7.40. The van der Waals surface area contributed by atoms with E-state index in [0.717, 1.165) is 12.2 Å². The Balaban J connectivity index is 2.24.